The van der Waals surface area contributed by atoms with Crippen LogP contribution in [-0.2, 0) is 4.74 Å². The van der Waals surface area contributed by atoms with Crippen LogP contribution in [0.15, 0.2) is 48.7 Å². The molecule has 0 saturated heterocycles. The lowest BCUT2D eigenvalue weighted by molar-refractivity contribution is 0.0592. The number of esters is 1. The Morgan fingerprint density at radius 3 is 2.75 bits per heavy atom. The molecule has 0 aliphatic heterocycles. The molecule has 0 atom stereocenters. The van der Waals surface area contributed by atoms with Crippen molar-refractivity contribution in [3.05, 3.63) is 59.4 Å². The summed E-state index contributed by atoms with van der Waals surface area (Å²) in [7, 11) is 1.35. The van der Waals surface area contributed by atoms with Gasteiger partial charge in [0.05, 0.1) is 17.8 Å². The van der Waals surface area contributed by atoms with E-state index >= 15 is 0 Å². The molecule has 0 unspecified atom stereocenters. The zero-order chi connectivity index (χ0) is 14.1. The van der Waals surface area contributed by atoms with E-state index in [-0.39, 0.29) is 0 Å². The van der Waals surface area contributed by atoms with Crippen molar-refractivity contribution in [3.8, 4) is 11.3 Å². The average molecular weight is 287 g/mol. The van der Waals surface area contributed by atoms with Gasteiger partial charge in [0, 0.05) is 11.8 Å². The first-order chi connectivity index (χ1) is 9.70. The molecule has 0 aliphatic rings. The van der Waals surface area contributed by atoms with Gasteiger partial charge in [0.25, 0.3) is 0 Å². The van der Waals surface area contributed by atoms with Crippen LogP contribution in [0, 0.1) is 0 Å². The van der Waals surface area contributed by atoms with Crippen molar-refractivity contribution < 1.29 is 9.53 Å². The number of hydrogen-bond acceptors (Lipinski definition) is 3. The third-order valence-electron chi connectivity index (χ3n) is 3.04. The highest BCUT2D eigenvalue weighted by Crippen LogP contribution is 2.27. The molecule has 1 aromatic carbocycles. The van der Waals surface area contributed by atoms with E-state index in [4.69, 9.17) is 16.3 Å². The third-order valence-corrected chi connectivity index (χ3v) is 3.37. The van der Waals surface area contributed by atoms with Gasteiger partial charge in [0.2, 0.25) is 0 Å². The second kappa shape index (κ2) is 4.98. The lowest BCUT2D eigenvalue weighted by Crippen LogP contribution is -2.06. The quantitative estimate of drug-likeness (QED) is 0.678. The Labute approximate surface area is 120 Å². The number of pyridine rings is 1. The average Bonchev–Trinajstić information content (AvgIpc) is 2.90. The van der Waals surface area contributed by atoms with Gasteiger partial charge in [-0.3, -0.25) is 4.40 Å². The molecule has 0 spiro atoms. The van der Waals surface area contributed by atoms with Crippen LogP contribution in [0.1, 0.15) is 10.5 Å². The highest BCUT2D eigenvalue weighted by Gasteiger charge is 2.13. The molecule has 100 valence electrons. The Kier molecular flexibility index (Phi) is 3.16. The zero-order valence-electron chi connectivity index (χ0n) is 10.7. The zero-order valence-corrected chi connectivity index (χ0v) is 11.5. The van der Waals surface area contributed by atoms with E-state index in [0.717, 1.165) is 5.56 Å². The Hall–Kier alpha value is -2.33. The molecule has 0 saturated carbocycles. The Morgan fingerprint density at radius 2 is 2.00 bits per heavy atom. The van der Waals surface area contributed by atoms with E-state index in [1.807, 2.05) is 30.3 Å². The summed E-state index contributed by atoms with van der Waals surface area (Å²) in [6.07, 6.45) is 1.78. The van der Waals surface area contributed by atoms with Gasteiger partial charge in [-0.1, -0.05) is 35.9 Å². The Balaban J connectivity index is 2.21. The fourth-order valence-corrected chi connectivity index (χ4v) is 2.31. The van der Waals surface area contributed by atoms with E-state index in [9.17, 15) is 4.79 Å². The summed E-state index contributed by atoms with van der Waals surface area (Å²) in [6, 6.07) is 12.7. The minimum Gasteiger partial charge on any atom is -0.464 e. The smallest absolute Gasteiger partial charge is 0.355 e. The van der Waals surface area contributed by atoms with Crippen LogP contribution in [0.25, 0.3) is 16.9 Å². The molecule has 0 amide bonds. The number of ether oxygens (including phenoxy) is 1. The van der Waals surface area contributed by atoms with Crippen LogP contribution < -0.4 is 0 Å². The maximum Gasteiger partial charge on any atom is 0.355 e. The third kappa shape index (κ3) is 2.04. The maximum absolute atomic E-state index is 11.7. The molecule has 3 rings (SSSR count). The molecule has 2 heterocycles. The van der Waals surface area contributed by atoms with Gasteiger partial charge in [0.1, 0.15) is 11.3 Å². The van der Waals surface area contributed by atoms with Crippen LogP contribution in [0.2, 0.25) is 5.02 Å². The lowest BCUT2D eigenvalue weighted by atomic mass is 10.2. The van der Waals surface area contributed by atoms with Crippen molar-refractivity contribution in [1.29, 1.82) is 0 Å². The number of imidazole rings is 1. The standard InChI is InChI=1S/C15H11ClN2O2/c1-20-15(19)13-7-4-8-14-17-12(9-18(13)14)10-5-2-3-6-11(10)16/h2-9H,1H3. The van der Waals surface area contributed by atoms with Crippen LogP contribution in [0.4, 0.5) is 0 Å². The first-order valence-electron chi connectivity index (χ1n) is 6.02. The predicted octanol–water partition coefficient (Wildman–Crippen LogP) is 3.44. The molecule has 2 aromatic heterocycles. The number of methoxy groups -OCH3 is 1. The molecule has 5 heteroatoms. The molecule has 4 nitrogen and oxygen atoms in total. The fourth-order valence-electron chi connectivity index (χ4n) is 2.08. The van der Waals surface area contributed by atoms with E-state index in [1.165, 1.54) is 7.11 Å². The minimum atomic E-state index is -0.404. The van der Waals surface area contributed by atoms with Crippen LogP contribution in [0.5, 0.6) is 0 Å². The number of hydrogen-bond donors (Lipinski definition) is 0. The SMILES string of the molecule is COC(=O)c1cccc2nc(-c3ccccc3Cl)cn12. The summed E-state index contributed by atoms with van der Waals surface area (Å²) in [5.74, 6) is -0.404. The molecular weight excluding hydrogens is 276 g/mol. The highest BCUT2D eigenvalue weighted by atomic mass is 35.5. The van der Waals surface area contributed by atoms with Crippen molar-refractivity contribution in [2.24, 2.45) is 0 Å². The van der Waals surface area contributed by atoms with Crippen LogP contribution >= 0.6 is 11.6 Å². The second-order valence-corrected chi connectivity index (χ2v) is 4.64. The number of carbonyl (C=O) groups excluding carboxylic acids is 1. The molecule has 0 N–H and O–H groups in total. The number of rotatable bonds is 2. The van der Waals surface area contributed by atoms with E-state index in [2.05, 4.69) is 4.98 Å². The Morgan fingerprint density at radius 1 is 1.20 bits per heavy atom. The molecule has 3 aromatic rings. The number of halogens is 1. The number of benzene rings is 1. The molecule has 0 bridgehead atoms. The number of aromatic nitrogens is 2. The normalized spacial score (nSPS) is 10.7. The van der Waals surface area contributed by atoms with Crippen LogP contribution in [-0.4, -0.2) is 22.5 Å². The number of fused-ring (bicyclic) bond motifs is 1. The molecule has 0 radical (unpaired) electrons. The van der Waals surface area contributed by atoms with Gasteiger partial charge >= 0.3 is 5.97 Å². The number of carbonyl (C=O) groups is 1. The fraction of sp³-hybridized carbons (Fsp3) is 0.0667. The largest absolute Gasteiger partial charge is 0.464 e. The van der Waals surface area contributed by atoms with Gasteiger partial charge in [-0.15, -0.1) is 0 Å². The molecular formula is C15H11ClN2O2. The summed E-state index contributed by atoms with van der Waals surface area (Å²) in [4.78, 5) is 16.2. The van der Waals surface area contributed by atoms with Gasteiger partial charge < -0.3 is 4.74 Å². The summed E-state index contributed by atoms with van der Waals surface area (Å²) in [5, 5.41) is 0.621. The maximum atomic E-state index is 11.7. The highest BCUT2D eigenvalue weighted by molar-refractivity contribution is 6.33. The van der Waals surface area contributed by atoms with Crippen molar-refractivity contribution in [1.82, 2.24) is 9.38 Å². The van der Waals surface area contributed by atoms with Crippen LogP contribution in [0.3, 0.4) is 0 Å². The summed E-state index contributed by atoms with van der Waals surface area (Å²) >= 11 is 6.18. The molecule has 20 heavy (non-hydrogen) atoms. The second-order valence-electron chi connectivity index (χ2n) is 4.24. The van der Waals surface area contributed by atoms with Crippen molar-refractivity contribution in [2.75, 3.05) is 7.11 Å². The predicted molar refractivity (Wildman–Crippen MR) is 77.0 cm³/mol. The first-order valence-corrected chi connectivity index (χ1v) is 6.40. The van der Waals surface area contributed by atoms with Gasteiger partial charge in [-0.2, -0.15) is 0 Å². The van der Waals surface area contributed by atoms with E-state index < -0.39 is 5.97 Å². The Bertz CT molecular complexity index is 795. The van der Waals surface area contributed by atoms with E-state index in [1.54, 1.807) is 22.7 Å². The molecule has 0 aliphatic carbocycles. The monoisotopic (exact) mass is 286 g/mol. The van der Waals surface area contributed by atoms with Gasteiger partial charge in [0.15, 0.2) is 0 Å². The summed E-state index contributed by atoms with van der Waals surface area (Å²) < 4.78 is 6.47. The first kappa shape index (κ1) is 12.7. The summed E-state index contributed by atoms with van der Waals surface area (Å²) in [5.41, 5.74) is 2.64. The topological polar surface area (TPSA) is 43.6 Å². The van der Waals surface area contributed by atoms with Crippen molar-refractivity contribution in [2.45, 2.75) is 0 Å². The lowest BCUT2D eigenvalue weighted by Gasteiger charge is -2.01. The molecule has 0 fully saturated rings. The number of nitrogens with zero attached hydrogens (tertiary/aromatic N) is 2. The summed E-state index contributed by atoms with van der Waals surface area (Å²) in [6.45, 7) is 0. The minimum absolute atomic E-state index is 0.404. The van der Waals surface area contributed by atoms with E-state index in [0.29, 0.717) is 22.1 Å². The van der Waals surface area contributed by atoms with Crippen molar-refractivity contribution >= 4 is 23.2 Å². The van der Waals surface area contributed by atoms with Gasteiger partial charge in [-0.25, -0.2) is 9.78 Å². The van der Waals surface area contributed by atoms with Gasteiger partial charge in [-0.05, 0) is 18.2 Å². The van der Waals surface area contributed by atoms with Crippen molar-refractivity contribution in [3.63, 3.8) is 0 Å².